The summed E-state index contributed by atoms with van der Waals surface area (Å²) in [5.41, 5.74) is 0.738. The number of carbonyl (C=O) groups is 1. The number of amides is 1. The number of hydrogen-bond donors (Lipinski definition) is 1. The van der Waals surface area contributed by atoms with Crippen molar-refractivity contribution in [3.63, 3.8) is 0 Å². The van der Waals surface area contributed by atoms with Gasteiger partial charge in [-0.05, 0) is 51.0 Å². The summed E-state index contributed by atoms with van der Waals surface area (Å²) in [6.45, 7) is 3.71. The van der Waals surface area contributed by atoms with Gasteiger partial charge in [0.25, 0.3) is 0 Å². The lowest BCUT2D eigenvalue weighted by Crippen LogP contribution is -2.59. The van der Waals surface area contributed by atoms with Crippen LogP contribution in [0.1, 0.15) is 26.7 Å². The lowest BCUT2D eigenvalue weighted by atomic mass is 9.83. The van der Waals surface area contributed by atoms with Crippen LogP contribution >= 0.6 is 0 Å². The molecule has 18 heavy (non-hydrogen) atoms. The van der Waals surface area contributed by atoms with Gasteiger partial charge in [0, 0.05) is 11.7 Å². The first-order valence-corrected chi connectivity index (χ1v) is 6.27. The molecular formula is C14H18FNO2. The second-order valence-electron chi connectivity index (χ2n) is 4.96. The number of aliphatic hydroxyl groups is 1. The zero-order valence-corrected chi connectivity index (χ0v) is 10.6. The quantitative estimate of drug-likeness (QED) is 0.834. The zero-order chi connectivity index (χ0) is 13.3. The molecule has 98 valence electrons. The molecule has 1 aliphatic heterocycles. The molecule has 1 N–H and O–H groups in total. The number of nitrogens with zero attached hydrogens (tertiary/aromatic N) is 1. The van der Waals surface area contributed by atoms with Gasteiger partial charge in [0.1, 0.15) is 5.82 Å². The SMILES string of the molecule is CC(O)CCC1C(=O)N(c2ccc(F)cc2)C1C. The molecule has 1 aromatic carbocycles. The van der Waals surface area contributed by atoms with E-state index in [2.05, 4.69) is 0 Å². The molecule has 1 heterocycles. The number of hydrogen-bond acceptors (Lipinski definition) is 2. The molecule has 1 saturated heterocycles. The van der Waals surface area contributed by atoms with Crippen molar-refractivity contribution < 1.29 is 14.3 Å². The van der Waals surface area contributed by atoms with Crippen LogP contribution in [0.25, 0.3) is 0 Å². The van der Waals surface area contributed by atoms with Crippen LogP contribution in [0.15, 0.2) is 24.3 Å². The van der Waals surface area contributed by atoms with E-state index < -0.39 is 0 Å². The Kier molecular flexibility index (Phi) is 3.66. The van der Waals surface area contributed by atoms with Gasteiger partial charge >= 0.3 is 0 Å². The Morgan fingerprint density at radius 1 is 1.39 bits per heavy atom. The molecule has 1 aromatic rings. The van der Waals surface area contributed by atoms with Gasteiger partial charge in [-0.1, -0.05) is 0 Å². The average Bonchev–Trinajstić information content (AvgIpc) is 2.32. The van der Waals surface area contributed by atoms with E-state index in [0.717, 1.165) is 5.69 Å². The summed E-state index contributed by atoms with van der Waals surface area (Å²) >= 11 is 0. The largest absolute Gasteiger partial charge is 0.393 e. The Morgan fingerprint density at radius 3 is 2.50 bits per heavy atom. The first kappa shape index (κ1) is 13.0. The van der Waals surface area contributed by atoms with Gasteiger partial charge in [0.15, 0.2) is 0 Å². The van der Waals surface area contributed by atoms with Crippen LogP contribution in [-0.4, -0.2) is 23.2 Å². The first-order chi connectivity index (χ1) is 8.50. The van der Waals surface area contributed by atoms with Crippen molar-refractivity contribution in [2.75, 3.05) is 4.90 Å². The molecule has 0 saturated carbocycles. The van der Waals surface area contributed by atoms with Crippen molar-refractivity contribution in [1.82, 2.24) is 0 Å². The number of anilines is 1. The number of β-lactam (4-membered cyclic amide) rings is 1. The number of halogens is 1. The summed E-state index contributed by atoms with van der Waals surface area (Å²) in [6.07, 6.45) is 0.970. The highest BCUT2D eigenvalue weighted by Gasteiger charge is 2.44. The van der Waals surface area contributed by atoms with E-state index in [9.17, 15) is 14.3 Å². The molecule has 1 amide bonds. The van der Waals surface area contributed by atoms with Gasteiger partial charge in [0.05, 0.1) is 12.0 Å². The van der Waals surface area contributed by atoms with E-state index in [0.29, 0.717) is 12.8 Å². The fourth-order valence-corrected chi connectivity index (χ4v) is 2.43. The van der Waals surface area contributed by atoms with Crippen molar-refractivity contribution in [2.24, 2.45) is 5.92 Å². The van der Waals surface area contributed by atoms with Crippen molar-refractivity contribution >= 4 is 11.6 Å². The second-order valence-corrected chi connectivity index (χ2v) is 4.96. The number of carbonyl (C=O) groups excluding carboxylic acids is 1. The Hall–Kier alpha value is -1.42. The minimum absolute atomic E-state index is 0.0235. The van der Waals surface area contributed by atoms with Gasteiger partial charge in [0.2, 0.25) is 5.91 Å². The highest BCUT2D eigenvalue weighted by atomic mass is 19.1. The molecule has 1 aliphatic rings. The normalized spacial score (nSPS) is 24.9. The fourth-order valence-electron chi connectivity index (χ4n) is 2.43. The average molecular weight is 251 g/mol. The fraction of sp³-hybridized carbons (Fsp3) is 0.500. The van der Waals surface area contributed by atoms with Crippen LogP contribution in [0.5, 0.6) is 0 Å². The molecule has 0 spiro atoms. The second kappa shape index (κ2) is 5.06. The molecule has 0 aromatic heterocycles. The topological polar surface area (TPSA) is 40.5 Å². The van der Waals surface area contributed by atoms with E-state index in [4.69, 9.17) is 0 Å². The molecule has 4 heteroatoms. The Labute approximate surface area is 106 Å². The third-order valence-corrected chi connectivity index (χ3v) is 3.54. The van der Waals surface area contributed by atoms with E-state index in [-0.39, 0.29) is 29.8 Å². The molecule has 3 atom stereocenters. The molecular weight excluding hydrogens is 233 g/mol. The smallest absolute Gasteiger partial charge is 0.232 e. The summed E-state index contributed by atoms with van der Waals surface area (Å²) in [7, 11) is 0. The summed E-state index contributed by atoms with van der Waals surface area (Å²) in [6, 6.07) is 6.07. The van der Waals surface area contributed by atoms with Crippen LogP contribution in [0.4, 0.5) is 10.1 Å². The number of benzene rings is 1. The maximum atomic E-state index is 12.8. The zero-order valence-electron chi connectivity index (χ0n) is 10.6. The molecule has 0 radical (unpaired) electrons. The maximum absolute atomic E-state index is 12.8. The Balaban J connectivity index is 2.01. The van der Waals surface area contributed by atoms with Gasteiger partial charge < -0.3 is 10.0 Å². The highest BCUT2D eigenvalue weighted by molar-refractivity contribution is 6.02. The number of aliphatic hydroxyl groups excluding tert-OH is 1. The predicted octanol–water partition coefficient (Wildman–Crippen LogP) is 2.34. The minimum atomic E-state index is -0.370. The van der Waals surface area contributed by atoms with Gasteiger partial charge in [-0.25, -0.2) is 4.39 Å². The molecule has 1 fully saturated rings. The highest BCUT2D eigenvalue weighted by Crippen LogP contribution is 2.35. The third-order valence-electron chi connectivity index (χ3n) is 3.54. The van der Waals surface area contributed by atoms with Crippen LogP contribution < -0.4 is 4.90 Å². The van der Waals surface area contributed by atoms with Crippen molar-refractivity contribution in [2.45, 2.75) is 38.8 Å². The predicted molar refractivity (Wildman–Crippen MR) is 67.8 cm³/mol. The monoisotopic (exact) mass is 251 g/mol. The van der Waals surface area contributed by atoms with Gasteiger partial charge in [-0.15, -0.1) is 0 Å². The summed E-state index contributed by atoms with van der Waals surface area (Å²) in [4.78, 5) is 13.7. The third kappa shape index (κ3) is 2.38. The van der Waals surface area contributed by atoms with E-state index in [1.165, 1.54) is 12.1 Å². The minimum Gasteiger partial charge on any atom is -0.393 e. The Bertz CT molecular complexity index is 430. The lowest BCUT2D eigenvalue weighted by Gasteiger charge is -2.45. The van der Waals surface area contributed by atoms with Crippen molar-refractivity contribution in [3.05, 3.63) is 30.1 Å². The Morgan fingerprint density at radius 2 is 2.00 bits per heavy atom. The first-order valence-electron chi connectivity index (χ1n) is 6.27. The molecule has 2 rings (SSSR count). The lowest BCUT2D eigenvalue weighted by molar-refractivity contribution is -0.130. The molecule has 0 bridgehead atoms. The van der Waals surface area contributed by atoms with Crippen LogP contribution in [0.3, 0.4) is 0 Å². The number of rotatable bonds is 4. The van der Waals surface area contributed by atoms with Gasteiger partial charge in [-0.3, -0.25) is 4.79 Å². The van der Waals surface area contributed by atoms with E-state index in [1.807, 2.05) is 6.92 Å². The summed E-state index contributed by atoms with van der Waals surface area (Å²) < 4.78 is 12.8. The van der Waals surface area contributed by atoms with Gasteiger partial charge in [-0.2, -0.15) is 0 Å². The maximum Gasteiger partial charge on any atom is 0.232 e. The van der Waals surface area contributed by atoms with Crippen molar-refractivity contribution in [3.8, 4) is 0 Å². The standard InChI is InChI=1S/C14H18FNO2/c1-9(17)3-8-13-10(2)16(14(13)18)12-6-4-11(15)5-7-12/h4-7,9-10,13,17H,3,8H2,1-2H3. The summed E-state index contributed by atoms with van der Waals surface area (Å²) in [5, 5.41) is 9.24. The van der Waals surface area contributed by atoms with Crippen molar-refractivity contribution in [1.29, 1.82) is 0 Å². The molecule has 3 unspecified atom stereocenters. The van der Waals surface area contributed by atoms with E-state index in [1.54, 1.807) is 24.0 Å². The van der Waals surface area contributed by atoms with Crippen LogP contribution in [-0.2, 0) is 4.79 Å². The van der Waals surface area contributed by atoms with E-state index >= 15 is 0 Å². The molecule has 3 nitrogen and oxygen atoms in total. The molecule has 0 aliphatic carbocycles. The van der Waals surface area contributed by atoms with Crippen LogP contribution in [0.2, 0.25) is 0 Å². The van der Waals surface area contributed by atoms with Crippen LogP contribution in [0, 0.1) is 11.7 Å². The summed E-state index contributed by atoms with van der Waals surface area (Å²) in [5.74, 6) is -0.260.